The summed E-state index contributed by atoms with van der Waals surface area (Å²) in [6, 6.07) is 0. The van der Waals surface area contributed by atoms with E-state index in [1.54, 1.807) is 7.11 Å². The Kier molecular flexibility index (Phi) is 9.82. The molecule has 0 aliphatic heterocycles. The van der Waals surface area contributed by atoms with Crippen molar-refractivity contribution in [2.24, 2.45) is 5.92 Å². The molecule has 0 aromatic carbocycles. The maximum Gasteiger partial charge on any atom is 0.0701 e. The van der Waals surface area contributed by atoms with E-state index in [1.807, 2.05) is 0 Å². The fourth-order valence-corrected chi connectivity index (χ4v) is 2.89. The van der Waals surface area contributed by atoms with Crippen LogP contribution in [-0.2, 0) is 14.2 Å². The maximum atomic E-state index is 6.16. The summed E-state index contributed by atoms with van der Waals surface area (Å²) in [6.45, 7) is 6.42. The minimum atomic E-state index is 0.131. The van der Waals surface area contributed by atoms with Gasteiger partial charge in [-0.2, -0.15) is 0 Å². The van der Waals surface area contributed by atoms with E-state index < -0.39 is 0 Å². The molecule has 5 heteroatoms. The molecule has 0 aromatic rings. The second kappa shape index (κ2) is 10.8. The van der Waals surface area contributed by atoms with Crippen LogP contribution in [0, 0.1) is 5.92 Å². The van der Waals surface area contributed by atoms with Crippen molar-refractivity contribution in [1.82, 2.24) is 5.32 Å². The fourth-order valence-electron chi connectivity index (χ4n) is 2.52. The summed E-state index contributed by atoms with van der Waals surface area (Å²) in [5.41, 5.74) is 0.131. The van der Waals surface area contributed by atoms with Gasteiger partial charge in [0.1, 0.15) is 0 Å². The van der Waals surface area contributed by atoms with Gasteiger partial charge in [0.25, 0.3) is 0 Å². The molecule has 0 amide bonds. The van der Waals surface area contributed by atoms with Crippen LogP contribution in [0.3, 0.4) is 0 Å². The molecule has 0 saturated heterocycles. The lowest BCUT2D eigenvalue weighted by molar-refractivity contribution is 0.0240. The van der Waals surface area contributed by atoms with Crippen LogP contribution in [0.4, 0.5) is 0 Å². The van der Waals surface area contributed by atoms with Gasteiger partial charge >= 0.3 is 0 Å². The molecule has 0 spiro atoms. The van der Waals surface area contributed by atoms with Gasteiger partial charge in [0.15, 0.2) is 0 Å². The van der Waals surface area contributed by atoms with Crippen molar-refractivity contribution in [2.45, 2.75) is 38.1 Å². The third-order valence-corrected chi connectivity index (χ3v) is 4.55. The number of hydrogen-bond donors (Lipinski definition) is 1. The summed E-state index contributed by atoms with van der Waals surface area (Å²) in [5.74, 6) is 1.54. The summed E-state index contributed by atoms with van der Waals surface area (Å²) in [4.78, 5) is 0. The molecule has 1 fully saturated rings. The van der Waals surface area contributed by atoms with Crippen LogP contribution in [0.15, 0.2) is 0 Å². The van der Waals surface area contributed by atoms with Gasteiger partial charge in [-0.3, -0.25) is 0 Å². The minimum absolute atomic E-state index is 0.131. The van der Waals surface area contributed by atoms with Crippen LogP contribution in [0.25, 0.3) is 0 Å². The highest BCUT2D eigenvalue weighted by Crippen LogP contribution is 2.32. The first kappa shape index (κ1) is 18.2. The van der Waals surface area contributed by atoms with Crippen LogP contribution < -0.4 is 5.32 Å². The fraction of sp³-hybridized carbons (Fsp3) is 1.00. The Balaban J connectivity index is 1.99. The molecular weight excluding hydrogens is 278 g/mol. The third-order valence-electron chi connectivity index (χ3n) is 4.04. The molecule has 0 unspecified atom stereocenters. The van der Waals surface area contributed by atoms with Crippen molar-refractivity contribution in [3.05, 3.63) is 0 Å². The highest BCUT2D eigenvalue weighted by molar-refractivity contribution is 6.18. The molecule has 0 heterocycles. The Morgan fingerprint density at radius 1 is 1.05 bits per heavy atom. The molecule has 0 aromatic heterocycles. The van der Waals surface area contributed by atoms with Crippen molar-refractivity contribution in [3.63, 3.8) is 0 Å². The number of rotatable bonds is 11. The van der Waals surface area contributed by atoms with E-state index in [0.29, 0.717) is 38.9 Å². The van der Waals surface area contributed by atoms with E-state index in [1.165, 1.54) is 25.7 Å². The van der Waals surface area contributed by atoms with E-state index in [-0.39, 0.29) is 5.54 Å². The Morgan fingerprint density at radius 3 is 2.25 bits per heavy atom. The lowest BCUT2D eigenvalue weighted by Gasteiger charge is -2.39. The highest BCUT2D eigenvalue weighted by atomic mass is 35.5. The zero-order valence-corrected chi connectivity index (χ0v) is 13.7. The smallest absolute Gasteiger partial charge is 0.0701 e. The largest absolute Gasteiger partial charge is 0.382 e. The molecule has 4 nitrogen and oxygen atoms in total. The normalized spacial score (nSPS) is 26.9. The van der Waals surface area contributed by atoms with Gasteiger partial charge in [0.05, 0.1) is 33.0 Å². The van der Waals surface area contributed by atoms with Gasteiger partial charge in [0.2, 0.25) is 0 Å². The summed E-state index contributed by atoms with van der Waals surface area (Å²) in [6.07, 6.45) is 4.90. The first-order valence-corrected chi connectivity index (χ1v) is 8.21. The number of halogens is 1. The number of alkyl halides is 1. The number of nitrogens with one attached hydrogen (secondary N) is 1. The highest BCUT2D eigenvalue weighted by Gasteiger charge is 2.32. The molecular formula is C15H30ClNO3. The average molecular weight is 308 g/mol. The predicted octanol–water partition coefficient (Wildman–Crippen LogP) is 2.44. The van der Waals surface area contributed by atoms with Crippen LogP contribution in [0.1, 0.15) is 32.6 Å². The lowest BCUT2D eigenvalue weighted by atomic mass is 9.78. The average Bonchev–Trinajstić information content (AvgIpc) is 2.48. The van der Waals surface area contributed by atoms with Crippen LogP contribution in [0.5, 0.6) is 0 Å². The van der Waals surface area contributed by atoms with Crippen molar-refractivity contribution < 1.29 is 14.2 Å². The van der Waals surface area contributed by atoms with Gasteiger partial charge in [-0.05, 0) is 31.6 Å². The Morgan fingerprint density at radius 2 is 1.65 bits per heavy atom. The predicted molar refractivity (Wildman–Crippen MR) is 82.6 cm³/mol. The number of hydrogen-bond acceptors (Lipinski definition) is 4. The molecule has 1 N–H and O–H groups in total. The van der Waals surface area contributed by atoms with Gasteiger partial charge in [-0.15, -0.1) is 11.6 Å². The van der Waals surface area contributed by atoms with Crippen molar-refractivity contribution >= 4 is 11.6 Å². The lowest BCUT2D eigenvalue weighted by Crippen LogP contribution is -2.50. The molecule has 1 saturated carbocycles. The first-order valence-electron chi connectivity index (χ1n) is 7.68. The first-order chi connectivity index (χ1) is 9.72. The molecule has 0 bridgehead atoms. The summed E-state index contributed by atoms with van der Waals surface area (Å²) >= 11 is 6.16. The van der Waals surface area contributed by atoms with Crippen molar-refractivity contribution in [2.75, 3.05) is 52.6 Å². The van der Waals surface area contributed by atoms with Gasteiger partial charge < -0.3 is 19.5 Å². The second-order valence-electron chi connectivity index (χ2n) is 5.74. The van der Waals surface area contributed by atoms with E-state index in [0.717, 1.165) is 12.5 Å². The Hall–Kier alpha value is 0.130. The Labute approximate surface area is 128 Å². The molecule has 0 atom stereocenters. The molecule has 1 rings (SSSR count). The summed E-state index contributed by atoms with van der Waals surface area (Å²) in [7, 11) is 1.67. The van der Waals surface area contributed by atoms with Crippen LogP contribution >= 0.6 is 11.6 Å². The zero-order chi connectivity index (χ0) is 14.7. The molecule has 0 radical (unpaired) electrons. The van der Waals surface area contributed by atoms with Crippen LogP contribution in [-0.4, -0.2) is 58.1 Å². The number of methoxy groups -OCH3 is 1. The third kappa shape index (κ3) is 7.23. The molecule has 1 aliphatic rings. The van der Waals surface area contributed by atoms with E-state index in [2.05, 4.69) is 12.2 Å². The maximum absolute atomic E-state index is 6.16. The quantitative estimate of drug-likeness (QED) is 0.470. The number of ether oxygens (including phenoxy) is 3. The van der Waals surface area contributed by atoms with Crippen LogP contribution in [0.2, 0.25) is 0 Å². The topological polar surface area (TPSA) is 39.7 Å². The molecule has 120 valence electrons. The summed E-state index contributed by atoms with van der Waals surface area (Å²) in [5, 5.41) is 3.60. The second-order valence-corrected chi connectivity index (χ2v) is 6.01. The van der Waals surface area contributed by atoms with Gasteiger partial charge in [0, 0.05) is 25.1 Å². The SMILES string of the molecule is COCCOCCOCCNC1(CCl)CCC(C)CC1. The van der Waals surface area contributed by atoms with Crippen molar-refractivity contribution in [1.29, 1.82) is 0 Å². The van der Waals surface area contributed by atoms with E-state index >= 15 is 0 Å². The van der Waals surface area contributed by atoms with Gasteiger partial charge in [-0.25, -0.2) is 0 Å². The van der Waals surface area contributed by atoms with E-state index in [4.69, 9.17) is 25.8 Å². The van der Waals surface area contributed by atoms with Crippen molar-refractivity contribution in [3.8, 4) is 0 Å². The minimum Gasteiger partial charge on any atom is -0.382 e. The molecule has 20 heavy (non-hydrogen) atoms. The molecule has 1 aliphatic carbocycles. The van der Waals surface area contributed by atoms with E-state index in [9.17, 15) is 0 Å². The monoisotopic (exact) mass is 307 g/mol. The summed E-state index contributed by atoms with van der Waals surface area (Å²) < 4.78 is 15.8. The standard InChI is InChI=1S/C15H30ClNO3/c1-14-3-5-15(13-16,6-4-14)17-7-8-19-11-12-20-10-9-18-2/h14,17H,3-13H2,1-2H3. The Bertz CT molecular complexity index is 233. The zero-order valence-electron chi connectivity index (χ0n) is 13.0. The van der Waals surface area contributed by atoms with Gasteiger partial charge in [-0.1, -0.05) is 6.92 Å².